The van der Waals surface area contributed by atoms with Gasteiger partial charge in [0.1, 0.15) is 0 Å². The van der Waals surface area contributed by atoms with Crippen LogP contribution in [0.3, 0.4) is 0 Å². The van der Waals surface area contributed by atoms with E-state index in [1.165, 1.54) is 81.9 Å². The summed E-state index contributed by atoms with van der Waals surface area (Å²) in [6.45, 7) is 0. The quantitative estimate of drug-likeness (QED) is 0.164. The first-order chi connectivity index (χ1) is 27.3. The first kappa shape index (κ1) is 31.7. The number of aliphatic imine (C=N–C) groups is 1. The minimum atomic E-state index is 0.293. The lowest BCUT2D eigenvalue weighted by Gasteiger charge is -2.19. The standard InChI is InChI=1S/C52H37N3/c1-2-13-40(14-3-1)55-49-28-27-38(32-45(49)46-33-53-30-29-50(46)55)48-20-10-19-47(54-48)35-22-24-36(25-23-35)51-41-15-6-8-17-43(41)52(44-18-9-7-16-42(44)51)39-26-21-34-11-4-5-12-37(34)31-39/h1-9,11-13,15-19,21-33,40H,10,14,20H2. The summed E-state index contributed by atoms with van der Waals surface area (Å²) in [6.07, 6.45) is 17.9. The van der Waals surface area contributed by atoms with Gasteiger partial charge in [-0.1, -0.05) is 146 Å². The van der Waals surface area contributed by atoms with Crippen LogP contribution < -0.4 is 0 Å². The Morgan fingerprint density at radius 3 is 1.93 bits per heavy atom. The fourth-order valence-electron chi connectivity index (χ4n) is 9.08. The SMILES string of the molecule is C1=CCC(n2c3ccncc3c3cc(C4=NC(c5ccc(-c6c7ccccc7c(-c7ccc8ccccc8c7)c7ccccc67)cc5)=CCC4)ccc32)C=C1. The molecule has 1 atom stereocenters. The second-order valence-electron chi connectivity index (χ2n) is 14.8. The fraction of sp³-hybridized carbons (Fsp3) is 0.0769. The van der Waals surface area contributed by atoms with Crippen molar-refractivity contribution in [3.05, 3.63) is 193 Å². The van der Waals surface area contributed by atoms with Gasteiger partial charge in [-0.25, -0.2) is 0 Å². The molecule has 2 aliphatic rings. The highest BCUT2D eigenvalue weighted by atomic mass is 15.0. The maximum Gasteiger partial charge on any atom is 0.0665 e. The molecular weight excluding hydrogens is 667 g/mol. The molecule has 0 spiro atoms. The normalized spacial score (nSPS) is 15.7. The molecule has 0 saturated carbocycles. The molecule has 260 valence electrons. The zero-order valence-electron chi connectivity index (χ0n) is 30.4. The molecule has 0 N–H and O–H groups in total. The number of pyridine rings is 1. The highest BCUT2D eigenvalue weighted by Crippen LogP contribution is 2.44. The highest BCUT2D eigenvalue weighted by Gasteiger charge is 2.20. The van der Waals surface area contributed by atoms with E-state index in [0.29, 0.717) is 6.04 Å². The van der Waals surface area contributed by atoms with Gasteiger partial charge in [0.05, 0.1) is 17.3 Å². The second kappa shape index (κ2) is 12.9. The third-order valence-corrected chi connectivity index (χ3v) is 11.6. The Hall–Kier alpha value is -6.84. The van der Waals surface area contributed by atoms with Crippen molar-refractivity contribution in [3.63, 3.8) is 0 Å². The van der Waals surface area contributed by atoms with Crippen molar-refractivity contribution in [2.24, 2.45) is 4.99 Å². The van der Waals surface area contributed by atoms with Gasteiger partial charge in [-0.05, 0) is 109 Å². The maximum atomic E-state index is 5.31. The first-order valence-electron chi connectivity index (χ1n) is 19.3. The third-order valence-electron chi connectivity index (χ3n) is 11.6. The van der Waals surface area contributed by atoms with Crippen LogP contribution in [0.1, 0.15) is 36.4 Å². The molecule has 1 unspecified atom stereocenters. The molecule has 0 amide bonds. The summed E-state index contributed by atoms with van der Waals surface area (Å²) in [5.74, 6) is 0. The Morgan fingerprint density at radius 1 is 0.527 bits per heavy atom. The number of rotatable bonds is 5. The van der Waals surface area contributed by atoms with Crippen molar-refractivity contribution in [2.75, 3.05) is 0 Å². The van der Waals surface area contributed by atoms with Crippen LogP contribution in [0.15, 0.2) is 187 Å². The Labute approximate surface area is 319 Å². The van der Waals surface area contributed by atoms with Gasteiger partial charge in [-0.3, -0.25) is 9.98 Å². The van der Waals surface area contributed by atoms with E-state index in [0.717, 1.165) is 36.2 Å². The molecule has 3 heteroatoms. The molecule has 55 heavy (non-hydrogen) atoms. The van der Waals surface area contributed by atoms with E-state index < -0.39 is 0 Å². The maximum absolute atomic E-state index is 5.31. The number of hydrogen-bond donors (Lipinski definition) is 0. The number of hydrogen-bond acceptors (Lipinski definition) is 2. The first-order valence-corrected chi connectivity index (χ1v) is 19.3. The smallest absolute Gasteiger partial charge is 0.0665 e. The summed E-state index contributed by atoms with van der Waals surface area (Å²) < 4.78 is 2.47. The molecule has 1 aliphatic heterocycles. The van der Waals surface area contributed by atoms with Crippen LogP contribution in [0, 0.1) is 0 Å². The molecule has 3 heterocycles. The number of allylic oxidation sites excluding steroid dienone is 5. The van der Waals surface area contributed by atoms with Crippen LogP contribution >= 0.6 is 0 Å². The Kier molecular flexibility index (Phi) is 7.44. The van der Waals surface area contributed by atoms with Crippen LogP contribution in [0.5, 0.6) is 0 Å². The van der Waals surface area contributed by atoms with Crippen LogP contribution in [-0.2, 0) is 0 Å². The van der Waals surface area contributed by atoms with Crippen molar-refractivity contribution in [3.8, 4) is 22.3 Å². The lowest BCUT2D eigenvalue weighted by molar-refractivity contribution is 0.648. The summed E-state index contributed by atoms with van der Waals surface area (Å²) in [7, 11) is 0. The lowest BCUT2D eigenvalue weighted by Crippen LogP contribution is -2.07. The van der Waals surface area contributed by atoms with Gasteiger partial charge in [-0.2, -0.15) is 0 Å². The van der Waals surface area contributed by atoms with Crippen molar-refractivity contribution in [1.29, 1.82) is 0 Å². The highest BCUT2D eigenvalue weighted by molar-refractivity contribution is 6.22. The zero-order valence-corrected chi connectivity index (χ0v) is 30.4. The molecule has 7 aromatic carbocycles. The molecule has 9 aromatic rings. The van der Waals surface area contributed by atoms with E-state index in [1.54, 1.807) is 0 Å². The monoisotopic (exact) mass is 703 g/mol. The molecule has 0 saturated heterocycles. The molecule has 3 nitrogen and oxygen atoms in total. The summed E-state index contributed by atoms with van der Waals surface area (Å²) >= 11 is 0. The van der Waals surface area contributed by atoms with Crippen molar-refractivity contribution < 1.29 is 0 Å². The van der Waals surface area contributed by atoms with Gasteiger partial charge in [0.25, 0.3) is 0 Å². The van der Waals surface area contributed by atoms with Gasteiger partial charge in [0.2, 0.25) is 0 Å². The third kappa shape index (κ3) is 5.26. The number of fused-ring (bicyclic) bond motifs is 6. The number of benzene rings is 7. The van der Waals surface area contributed by atoms with Crippen LogP contribution in [0.2, 0.25) is 0 Å². The average Bonchev–Trinajstić information content (AvgIpc) is 3.59. The van der Waals surface area contributed by atoms with Crippen LogP contribution in [0.4, 0.5) is 0 Å². The van der Waals surface area contributed by atoms with Gasteiger partial charge >= 0.3 is 0 Å². The number of aromatic nitrogens is 2. The van der Waals surface area contributed by atoms with Gasteiger partial charge < -0.3 is 4.57 Å². The molecule has 11 rings (SSSR count). The van der Waals surface area contributed by atoms with E-state index in [-0.39, 0.29) is 0 Å². The van der Waals surface area contributed by atoms with E-state index in [9.17, 15) is 0 Å². The molecular formula is C52H37N3. The second-order valence-corrected chi connectivity index (χ2v) is 14.8. The Balaban J connectivity index is 0.975. The molecule has 0 fully saturated rings. The van der Waals surface area contributed by atoms with Crippen LogP contribution in [-0.4, -0.2) is 15.3 Å². The minimum absolute atomic E-state index is 0.293. The molecule has 1 aliphatic carbocycles. The predicted octanol–water partition coefficient (Wildman–Crippen LogP) is 13.7. The molecule has 2 aromatic heterocycles. The molecule has 0 radical (unpaired) electrons. The summed E-state index contributed by atoms with van der Waals surface area (Å²) in [6, 6.07) is 51.7. The van der Waals surface area contributed by atoms with E-state index in [1.807, 2.05) is 12.4 Å². The minimum Gasteiger partial charge on any atom is -0.333 e. The van der Waals surface area contributed by atoms with Crippen molar-refractivity contribution in [2.45, 2.75) is 25.3 Å². The Bertz CT molecular complexity index is 3060. The average molecular weight is 704 g/mol. The zero-order chi connectivity index (χ0) is 36.3. The topological polar surface area (TPSA) is 30.2 Å². The van der Waals surface area contributed by atoms with E-state index in [2.05, 4.69) is 179 Å². The lowest BCUT2D eigenvalue weighted by atomic mass is 9.85. The van der Waals surface area contributed by atoms with Gasteiger partial charge in [0.15, 0.2) is 0 Å². The summed E-state index contributed by atoms with van der Waals surface area (Å²) in [4.78, 5) is 9.83. The van der Waals surface area contributed by atoms with Gasteiger partial charge in [-0.15, -0.1) is 0 Å². The van der Waals surface area contributed by atoms with E-state index in [4.69, 9.17) is 4.99 Å². The molecule has 0 bridgehead atoms. The fourth-order valence-corrected chi connectivity index (χ4v) is 9.08. The predicted molar refractivity (Wildman–Crippen MR) is 233 cm³/mol. The Morgan fingerprint density at radius 2 is 1.18 bits per heavy atom. The summed E-state index contributed by atoms with van der Waals surface area (Å²) in [5, 5.41) is 9.99. The van der Waals surface area contributed by atoms with Crippen LogP contribution in [0.25, 0.3) is 82.1 Å². The van der Waals surface area contributed by atoms with Crippen molar-refractivity contribution >= 4 is 65.5 Å². The number of nitrogens with zero attached hydrogens (tertiary/aromatic N) is 3. The largest absolute Gasteiger partial charge is 0.333 e. The van der Waals surface area contributed by atoms with Crippen molar-refractivity contribution in [1.82, 2.24) is 9.55 Å². The van der Waals surface area contributed by atoms with E-state index >= 15 is 0 Å². The van der Waals surface area contributed by atoms with Gasteiger partial charge in [0, 0.05) is 34.4 Å². The summed E-state index contributed by atoms with van der Waals surface area (Å²) in [5.41, 5.74) is 12.0.